The topological polar surface area (TPSA) is 80.0 Å². The van der Waals surface area contributed by atoms with E-state index in [1.807, 2.05) is 22.8 Å². The number of likely N-dealkylation sites (tertiary alicyclic amines) is 1. The van der Waals surface area contributed by atoms with E-state index in [9.17, 15) is 17.6 Å². The molecule has 5 rings (SSSR count). The van der Waals surface area contributed by atoms with Gasteiger partial charge in [0.15, 0.2) is 11.5 Å². The maximum absolute atomic E-state index is 13.8. The lowest BCUT2D eigenvalue weighted by Crippen LogP contribution is -2.45. The Kier molecular flexibility index (Phi) is 7.25. The molecule has 1 saturated heterocycles. The minimum Gasteiger partial charge on any atom is -0.496 e. The Morgan fingerprint density at radius 1 is 1.14 bits per heavy atom. The van der Waals surface area contributed by atoms with Crippen LogP contribution in [0.15, 0.2) is 36.5 Å². The highest BCUT2D eigenvalue weighted by Gasteiger charge is 2.38. The number of benzene rings is 1. The van der Waals surface area contributed by atoms with Crippen LogP contribution in [0.1, 0.15) is 43.8 Å². The largest absolute Gasteiger partial charge is 0.496 e. The van der Waals surface area contributed by atoms with Crippen molar-refractivity contribution in [3.8, 4) is 16.9 Å². The molecule has 188 valence electrons. The number of carboxylic acid groups (broad SMARTS) is 1. The van der Waals surface area contributed by atoms with Crippen LogP contribution in [0.5, 0.6) is 5.75 Å². The monoisotopic (exact) mass is 494 g/mol. The summed E-state index contributed by atoms with van der Waals surface area (Å²) in [7, 11) is 1.60. The average Bonchev–Trinajstić information content (AvgIpc) is 3.21. The number of rotatable bonds is 4. The van der Waals surface area contributed by atoms with Crippen molar-refractivity contribution in [1.29, 1.82) is 0 Å². The number of fused-ring (bicyclic) bond motifs is 1. The average molecular weight is 494 g/mol. The molecule has 1 aromatic carbocycles. The van der Waals surface area contributed by atoms with Crippen molar-refractivity contribution in [1.82, 2.24) is 19.5 Å². The summed E-state index contributed by atoms with van der Waals surface area (Å²) in [5.41, 5.74) is 2.41. The molecule has 1 aliphatic heterocycles. The molecule has 2 fully saturated rings. The van der Waals surface area contributed by atoms with E-state index in [1.165, 1.54) is 44.4 Å². The smallest absolute Gasteiger partial charge is 0.490 e. The number of ether oxygens (including phenoxy) is 1. The van der Waals surface area contributed by atoms with Gasteiger partial charge in [-0.1, -0.05) is 6.42 Å². The second kappa shape index (κ2) is 10.2. The molecular weight excluding hydrogens is 468 g/mol. The second-order valence-electron chi connectivity index (χ2n) is 8.76. The molecule has 0 radical (unpaired) electrons. The van der Waals surface area contributed by atoms with Crippen LogP contribution in [0.2, 0.25) is 0 Å². The fraction of sp³-hybridized carbons (Fsp3) is 0.458. The molecule has 1 unspecified atom stereocenters. The summed E-state index contributed by atoms with van der Waals surface area (Å²) in [6, 6.07) is 9.22. The third-order valence-electron chi connectivity index (χ3n) is 6.47. The van der Waals surface area contributed by atoms with Crippen LogP contribution in [0.4, 0.5) is 17.6 Å². The number of alkyl halides is 3. The minimum absolute atomic E-state index is 0.284. The first-order valence-corrected chi connectivity index (χ1v) is 11.4. The third-order valence-corrected chi connectivity index (χ3v) is 6.47. The summed E-state index contributed by atoms with van der Waals surface area (Å²) >= 11 is 0. The van der Waals surface area contributed by atoms with Gasteiger partial charge in [0.25, 0.3) is 0 Å². The molecule has 0 amide bonds. The zero-order valence-electron chi connectivity index (χ0n) is 19.1. The van der Waals surface area contributed by atoms with Gasteiger partial charge < -0.3 is 9.84 Å². The summed E-state index contributed by atoms with van der Waals surface area (Å²) in [4.78, 5) is 16.3. The molecular formula is C24H26F4N4O3. The van der Waals surface area contributed by atoms with Gasteiger partial charge in [-0.2, -0.15) is 18.3 Å². The number of pyridine rings is 1. The number of hydrogen-bond donors (Lipinski definition) is 1. The zero-order valence-corrected chi connectivity index (χ0v) is 19.1. The van der Waals surface area contributed by atoms with Crippen molar-refractivity contribution in [2.24, 2.45) is 0 Å². The van der Waals surface area contributed by atoms with Crippen molar-refractivity contribution in [2.75, 3.05) is 20.2 Å². The van der Waals surface area contributed by atoms with Gasteiger partial charge >= 0.3 is 12.1 Å². The summed E-state index contributed by atoms with van der Waals surface area (Å²) in [5.74, 6) is -1.08. The lowest BCUT2D eigenvalue weighted by atomic mass is 9.87. The lowest BCUT2D eigenvalue weighted by molar-refractivity contribution is -0.192. The Morgan fingerprint density at radius 3 is 2.51 bits per heavy atom. The molecule has 3 aromatic rings. The first-order chi connectivity index (χ1) is 16.7. The molecule has 1 saturated carbocycles. The highest BCUT2D eigenvalue weighted by Crippen LogP contribution is 2.33. The summed E-state index contributed by atoms with van der Waals surface area (Å²) in [5, 5.41) is 11.9. The molecule has 2 aromatic heterocycles. The first kappa shape index (κ1) is 24.9. The fourth-order valence-corrected chi connectivity index (χ4v) is 4.44. The number of methoxy groups -OCH3 is 1. The second-order valence-corrected chi connectivity index (χ2v) is 8.76. The van der Waals surface area contributed by atoms with Gasteiger partial charge in [-0.3, -0.25) is 4.90 Å². The minimum atomic E-state index is -5.08. The Hall–Kier alpha value is -3.21. The van der Waals surface area contributed by atoms with E-state index in [2.05, 4.69) is 4.90 Å². The van der Waals surface area contributed by atoms with Crippen LogP contribution in [-0.2, 0) is 4.79 Å². The maximum atomic E-state index is 13.8. The van der Waals surface area contributed by atoms with Crippen molar-refractivity contribution in [2.45, 2.75) is 50.2 Å². The molecule has 1 N–H and O–H groups in total. The molecule has 0 spiro atoms. The van der Waals surface area contributed by atoms with Gasteiger partial charge in [0.1, 0.15) is 11.6 Å². The van der Waals surface area contributed by atoms with E-state index in [0.29, 0.717) is 11.7 Å². The summed E-state index contributed by atoms with van der Waals surface area (Å²) in [6.45, 7) is 2.27. The van der Waals surface area contributed by atoms with Crippen LogP contribution in [0.25, 0.3) is 16.8 Å². The highest BCUT2D eigenvalue weighted by molar-refractivity contribution is 5.73. The van der Waals surface area contributed by atoms with Crippen molar-refractivity contribution >= 4 is 11.6 Å². The number of piperidine rings is 1. The van der Waals surface area contributed by atoms with Crippen molar-refractivity contribution < 1.29 is 32.2 Å². The SMILES string of the molecule is COc1ccc(F)cc1-c1ccc2nc(C3CCCN(C4CCC4)C3)nn2c1.O=C(O)C(F)(F)F. The maximum Gasteiger partial charge on any atom is 0.490 e. The number of halogens is 4. The molecule has 35 heavy (non-hydrogen) atoms. The summed E-state index contributed by atoms with van der Waals surface area (Å²) < 4.78 is 52.7. The van der Waals surface area contributed by atoms with Crippen LogP contribution in [-0.4, -0.2) is 63.0 Å². The Balaban J connectivity index is 0.000000364. The first-order valence-electron chi connectivity index (χ1n) is 11.4. The zero-order chi connectivity index (χ0) is 25.2. The fourth-order valence-electron chi connectivity index (χ4n) is 4.44. The third kappa shape index (κ3) is 5.72. The molecule has 11 heteroatoms. The molecule has 7 nitrogen and oxygen atoms in total. The van der Waals surface area contributed by atoms with E-state index < -0.39 is 12.1 Å². The van der Waals surface area contributed by atoms with E-state index in [0.717, 1.165) is 41.6 Å². The van der Waals surface area contributed by atoms with Gasteiger partial charge in [-0.05, 0) is 62.6 Å². The van der Waals surface area contributed by atoms with Crippen molar-refractivity contribution in [3.05, 3.63) is 48.2 Å². The summed E-state index contributed by atoms with van der Waals surface area (Å²) in [6.07, 6.45) is 3.22. The number of hydrogen-bond acceptors (Lipinski definition) is 5. The van der Waals surface area contributed by atoms with Crippen LogP contribution in [0, 0.1) is 5.82 Å². The number of aliphatic carboxylic acids is 1. The lowest BCUT2D eigenvalue weighted by Gasteiger charge is -2.41. The normalized spacial score (nSPS) is 19.1. The van der Waals surface area contributed by atoms with Crippen LogP contribution in [0.3, 0.4) is 0 Å². The number of aromatic nitrogens is 3. The van der Waals surface area contributed by atoms with E-state index in [-0.39, 0.29) is 5.82 Å². The van der Waals surface area contributed by atoms with Gasteiger partial charge in [0.05, 0.1) is 7.11 Å². The van der Waals surface area contributed by atoms with Gasteiger partial charge in [0, 0.05) is 35.8 Å². The van der Waals surface area contributed by atoms with Crippen LogP contribution < -0.4 is 4.74 Å². The predicted molar refractivity (Wildman–Crippen MR) is 120 cm³/mol. The van der Waals surface area contributed by atoms with E-state index in [4.69, 9.17) is 24.7 Å². The molecule has 3 heterocycles. The standard InChI is InChI=1S/C22H25FN4O.C2HF3O2/c1-28-20-9-8-17(23)12-19(20)15-7-10-21-24-22(25-27(21)14-15)16-4-3-11-26(13-16)18-5-2-6-18;3-2(4,5)1(6)7/h7-10,12,14,16,18H,2-6,11,13H2,1H3;(H,6,7). The van der Waals surface area contributed by atoms with Gasteiger partial charge in [0.2, 0.25) is 0 Å². The number of carbonyl (C=O) groups is 1. The quantitative estimate of drug-likeness (QED) is 0.520. The van der Waals surface area contributed by atoms with E-state index >= 15 is 0 Å². The molecule has 2 aliphatic rings. The van der Waals surface area contributed by atoms with Gasteiger partial charge in [-0.25, -0.2) is 18.7 Å². The van der Waals surface area contributed by atoms with Gasteiger partial charge in [-0.15, -0.1) is 0 Å². The number of nitrogens with zero attached hydrogens (tertiary/aromatic N) is 4. The van der Waals surface area contributed by atoms with E-state index in [1.54, 1.807) is 13.2 Å². The molecule has 1 atom stereocenters. The Labute approximate surface area is 199 Å². The molecule has 0 bridgehead atoms. The number of carboxylic acids is 1. The Bertz CT molecular complexity index is 1190. The predicted octanol–water partition coefficient (Wildman–Crippen LogP) is 4.91. The molecule has 1 aliphatic carbocycles. The Morgan fingerprint density at radius 2 is 1.89 bits per heavy atom. The van der Waals surface area contributed by atoms with Crippen LogP contribution >= 0.6 is 0 Å². The highest BCUT2D eigenvalue weighted by atomic mass is 19.4. The van der Waals surface area contributed by atoms with Crippen molar-refractivity contribution in [3.63, 3.8) is 0 Å².